The fraction of sp³-hybridized carbons (Fsp3) is 0.278. The van der Waals surface area contributed by atoms with Gasteiger partial charge in [-0.2, -0.15) is 0 Å². The van der Waals surface area contributed by atoms with E-state index in [-0.39, 0.29) is 0 Å². The molecule has 0 amide bonds. The van der Waals surface area contributed by atoms with Gasteiger partial charge in [-0.3, -0.25) is 0 Å². The summed E-state index contributed by atoms with van der Waals surface area (Å²) in [5.74, 6) is 1.44. The van der Waals surface area contributed by atoms with Gasteiger partial charge in [0.05, 0.1) is 14.2 Å². The Morgan fingerprint density at radius 1 is 0.913 bits per heavy atom. The Hall–Kier alpha value is -2.27. The fourth-order valence-corrected chi connectivity index (χ4v) is 2.37. The number of hydrogen-bond donors (Lipinski definition) is 2. The molecule has 2 rings (SSSR count). The summed E-state index contributed by atoms with van der Waals surface area (Å²) in [5.41, 5.74) is 2.37. The Kier molecular flexibility index (Phi) is 6.69. The van der Waals surface area contributed by atoms with E-state index in [4.69, 9.17) is 21.7 Å². The van der Waals surface area contributed by atoms with Gasteiger partial charge in [0.25, 0.3) is 0 Å². The molecule has 0 aliphatic carbocycles. The molecule has 0 aliphatic heterocycles. The summed E-state index contributed by atoms with van der Waals surface area (Å²) in [6.07, 6.45) is 0.943. The Morgan fingerprint density at radius 2 is 1.65 bits per heavy atom. The van der Waals surface area contributed by atoms with E-state index in [1.165, 1.54) is 5.56 Å². The molecule has 0 heterocycles. The Balaban J connectivity index is 1.76. The minimum absolute atomic E-state index is 0.636. The monoisotopic (exact) mass is 330 g/mol. The van der Waals surface area contributed by atoms with Gasteiger partial charge >= 0.3 is 0 Å². The minimum atomic E-state index is 0.636. The molecule has 4 nitrogen and oxygen atoms in total. The van der Waals surface area contributed by atoms with E-state index in [1.807, 2.05) is 36.4 Å². The highest BCUT2D eigenvalue weighted by Crippen LogP contribution is 2.27. The van der Waals surface area contributed by atoms with Crippen LogP contribution >= 0.6 is 12.2 Å². The van der Waals surface area contributed by atoms with Crippen LogP contribution in [0.4, 0.5) is 0 Å². The van der Waals surface area contributed by atoms with Gasteiger partial charge in [-0.15, -0.1) is 0 Å². The van der Waals surface area contributed by atoms with Crippen LogP contribution in [0, 0.1) is 0 Å². The molecule has 0 fully saturated rings. The summed E-state index contributed by atoms with van der Waals surface area (Å²) < 4.78 is 10.5. The number of nitrogens with one attached hydrogen (secondary N) is 2. The van der Waals surface area contributed by atoms with Crippen molar-refractivity contribution in [1.29, 1.82) is 0 Å². The van der Waals surface area contributed by atoms with E-state index in [0.717, 1.165) is 30.0 Å². The van der Waals surface area contributed by atoms with Crippen molar-refractivity contribution in [3.05, 3.63) is 59.7 Å². The second-order valence-corrected chi connectivity index (χ2v) is 5.44. The van der Waals surface area contributed by atoms with Crippen molar-refractivity contribution in [2.75, 3.05) is 20.8 Å². The zero-order valence-electron chi connectivity index (χ0n) is 13.5. The Morgan fingerprint density at radius 3 is 2.35 bits per heavy atom. The zero-order valence-corrected chi connectivity index (χ0v) is 14.3. The van der Waals surface area contributed by atoms with Crippen LogP contribution in [-0.4, -0.2) is 25.9 Å². The predicted octanol–water partition coefficient (Wildman–Crippen LogP) is 2.91. The molecule has 0 saturated carbocycles. The number of hydrogen-bond acceptors (Lipinski definition) is 3. The maximum absolute atomic E-state index is 5.30. The maximum Gasteiger partial charge on any atom is 0.166 e. The van der Waals surface area contributed by atoms with E-state index in [0.29, 0.717) is 11.7 Å². The second kappa shape index (κ2) is 9.00. The van der Waals surface area contributed by atoms with E-state index in [9.17, 15) is 0 Å². The first-order chi connectivity index (χ1) is 11.2. The van der Waals surface area contributed by atoms with Crippen LogP contribution in [0.3, 0.4) is 0 Å². The highest BCUT2D eigenvalue weighted by molar-refractivity contribution is 7.80. The van der Waals surface area contributed by atoms with Crippen LogP contribution in [0.2, 0.25) is 0 Å². The molecule has 0 aromatic heterocycles. The third-order valence-electron chi connectivity index (χ3n) is 3.44. The van der Waals surface area contributed by atoms with E-state index in [2.05, 4.69) is 22.8 Å². The molecule has 0 saturated heterocycles. The molecule has 23 heavy (non-hydrogen) atoms. The van der Waals surface area contributed by atoms with Gasteiger partial charge in [0, 0.05) is 13.1 Å². The average Bonchev–Trinajstić information content (AvgIpc) is 2.60. The van der Waals surface area contributed by atoms with Crippen LogP contribution in [-0.2, 0) is 13.0 Å². The van der Waals surface area contributed by atoms with E-state index < -0.39 is 0 Å². The van der Waals surface area contributed by atoms with Gasteiger partial charge in [0.1, 0.15) is 0 Å². The lowest BCUT2D eigenvalue weighted by Crippen LogP contribution is -2.35. The molecule has 0 unspecified atom stereocenters. The first kappa shape index (κ1) is 17.1. The molecule has 0 bridgehead atoms. The molecule has 2 aromatic carbocycles. The quantitative estimate of drug-likeness (QED) is 0.764. The second-order valence-electron chi connectivity index (χ2n) is 5.03. The third kappa shape index (κ3) is 5.45. The average molecular weight is 330 g/mol. The zero-order chi connectivity index (χ0) is 16.5. The summed E-state index contributed by atoms with van der Waals surface area (Å²) in [5, 5.41) is 7.06. The largest absolute Gasteiger partial charge is 0.493 e. The Bertz CT molecular complexity index is 632. The molecule has 122 valence electrons. The van der Waals surface area contributed by atoms with Gasteiger partial charge in [0.15, 0.2) is 16.6 Å². The van der Waals surface area contributed by atoms with Crippen LogP contribution < -0.4 is 20.1 Å². The lowest BCUT2D eigenvalue weighted by Gasteiger charge is -2.12. The molecule has 2 N–H and O–H groups in total. The fourth-order valence-electron chi connectivity index (χ4n) is 2.20. The molecule has 2 aromatic rings. The molecule has 0 aliphatic rings. The maximum atomic E-state index is 5.30. The van der Waals surface area contributed by atoms with Crippen LogP contribution in [0.5, 0.6) is 11.5 Å². The number of rotatable bonds is 7. The van der Waals surface area contributed by atoms with Crippen molar-refractivity contribution >= 4 is 17.3 Å². The van der Waals surface area contributed by atoms with Crippen LogP contribution in [0.15, 0.2) is 48.5 Å². The first-order valence-electron chi connectivity index (χ1n) is 7.49. The smallest absolute Gasteiger partial charge is 0.166 e. The summed E-state index contributed by atoms with van der Waals surface area (Å²) in [6.45, 7) is 1.44. The molecule has 0 spiro atoms. The van der Waals surface area contributed by atoms with Crippen molar-refractivity contribution in [1.82, 2.24) is 10.6 Å². The SMILES string of the molecule is COc1ccc(CNC(=S)NCCc2ccccc2)cc1OC. The lowest BCUT2D eigenvalue weighted by atomic mass is 10.1. The molecular weight excluding hydrogens is 308 g/mol. The summed E-state index contributed by atoms with van der Waals surface area (Å²) in [7, 11) is 3.26. The highest BCUT2D eigenvalue weighted by atomic mass is 32.1. The summed E-state index contributed by atoms with van der Waals surface area (Å²) in [4.78, 5) is 0. The van der Waals surface area contributed by atoms with Crippen LogP contribution in [0.25, 0.3) is 0 Å². The summed E-state index contributed by atoms with van der Waals surface area (Å²) >= 11 is 5.30. The van der Waals surface area contributed by atoms with Crippen molar-refractivity contribution in [3.8, 4) is 11.5 Å². The van der Waals surface area contributed by atoms with Gasteiger partial charge in [-0.25, -0.2) is 0 Å². The molecule has 0 radical (unpaired) electrons. The third-order valence-corrected chi connectivity index (χ3v) is 3.73. The van der Waals surface area contributed by atoms with E-state index >= 15 is 0 Å². The van der Waals surface area contributed by atoms with Gasteiger partial charge < -0.3 is 20.1 Å². The van der Waals surface area contributed by atoms with Crippen LogP contribution in [0.1, 0.15) is 11.1 Å². The minimum Gasteiger partial charge on any atom is -0.493 e. The van der Waals surface area contributed by atoms with Gasteiger partial charge in [0.2, 0.25) is 0 Å². The van der Waals surface area contributed by atoms with E-state index in [1.54, 1.807) is 14.2 Å². The number of ether oxygens (including phenoxy) is 2. The highest BCUT2D eigenvalue weighted by Gasteiger charge is 2.04. The first-order valence-corrected chi connectivity index (χ1v) is 7.90. The lowest BCUT2D eigenvalue weighted by molar-refractivity contribution is 0.354. The molecule has 5 heteroatoms. The van der Waals surface area contributed by atoms with Gasteiger partial charge in [-0.05, 0) is 41.9 Å². The van der Waals surface area contributed by atoms with Crippen molar-refractivity contribution in [3.63, 3.8) is 0 Å². The van der Waals surface area contributed by atoms with Crippen molar-refractivity contribution in [2.24, 2.45) is 0 Å². The summed E-state index contributed by atoms with van der Waals surface area (Å²) in [6, 6.07) is 16.2. The molecular formula is C18H22N2O2S. The molecule has 0 atom stereocenters. The normalized spacial score (nSPS) is 10.0. The van der Waals surface area contributed by atoms with Crippen molar-refractivity contribution < 1.29 is 9.47 Å². The standard InChI is InChI=1S/C18H22N2O2S/c1-21-16-9-8-15(12-17(16)22-2)13-20-18(23)19-11-10-14-6-4-3-5-7-14/h3-9,12H,10-11,13H2,1-2H3,(H2,19,20,23). The predicted molar refractivity (Wildman–Crippen MR) is 97.1 cm³/mol. The number of benzene rings is 2. The van der Waals surface area contributed by atoms with Gasteiger partial charge in [-0.1, -0.05) is 36.4 Å². The van der Waals surface area contributed by atoms with Crippen molar-refractivity contribution in [2.45, 2.75) is 13.0 Å². The number of thiocarbonyl (C=S) groups is 1. The number of methoxy groups -OCH3 is 2. The Labute approximate surface area is 142 Å². The topological polar surface area (TPSA) is 42.5 Å².